The molecule has 0 bridgehead atoms. The van der Waals surface area contributed by atoms with Gasteiger partial charge in [-0.3, -0.25) is 4.57 Å². The van der Waals surface area contributed by atoms with Gasteiger partial charge in [0.25, 0.3) is 0 Å². The Morgan fingerprint density at radius 3 is 1.00 bits per heavy atom. The first-order valence-electron chi connectivity index (χ1n) is 13.5. The first kappa shape index (κ1) is 37.7. The van der Waals surface area contributed by atoms with Crippen LogP contribution in [0, 0.1) is 0 Å². The summed E-state index contributed by atoms with van der Waals surface area (Å²) in [6.07, 6.45) is 0. The van der Waals surface area contributed by atoms with Crippen molar-refractivity contribution in [3.8, 4) is 0 Å². The topological polar surface area (TPSA) is 34.1 Å². The molecule has 0 amide bonds. The Hall–Kier alpha value is -1.72. The van der Waals surface area contributed by atoms with Crippen LogP contribution >= 0.6 is 72.7 Å². The van der Waals surface area contributed by atoms with E-state index in [0.717, 1.165) is 29.3 Å². The standard InChI is InChI=1S/C18H14BrOP.C12H10ClOP.C6H4Br2.Mg.2H/c19-15-8-7-13-18(14-15)21(20,16-9-3-1-4-10-16)17-11-5-2-6-12-17;13-15(14,11-7-3-1-4-8-11)12-9-5-2-6-10-12;7-5-2-1-3-6(8)4-5;;;/h1-14H;1-10H;1-4H;;;/q;;;+2;2*-1. The van der Waals surface area contributed by atoms with Gasteiger partial charge < -0.3 is 7.42 Å². The van der Waals surface area contributed by atoms with Crippen molar-refractivity contribution in [1.29, 1.82) is 0 Å². The number of benzene rings is 6. The number of rotatable bonds is 5. The third-order valence-electron chi connectivity index (χ3n) is 6.37. The second-order valence-corrected chi connectivity index (χ2v) is 18.4. The zero-order valence-corrected chi connectivity index (χ0v) is 32.8. The molecule has 2 nitrogen and oxygen atoms in total. The third kappa shape index (κ3) is 10.6. The van der Waals surface area contributed by atoms with E-state index in [1.165, 1.54) is 0 Å². The Bertz CT molecular complexity index is 1770. The van der Waals surface area contributed by atoms with Crippen molar-refractivity contribution < 1.29 is 12.0 Å². The predicted octanol–water partition coefficient (Wildman–Crippen LogP) is 10.3. The maximum absolute atomic E-state index is 13.9. The molecule has 6 rings (SSSR count). The molecule has 0 saturated carbocycles. The van der Waals surface area contributed by atoms with E-state index in [-0.39, 0.29) is 25.9 Å². The van der Waals surface area contributed by atoms with Crippen molar-refractivity contribution in [3.05, 3.63) is 183 Å². The van der Waals surface area contributed by atoms with Crippen molar-refractivity contribution >= 4 is 122 Å². The smallest absolute Gasteiger partial charge is 1.00 e. The molecule has 0 saturated heterocycles. The van der Waals surface area contributed by atoms with Gasteiger partial charge in [-0.25, -0.2) is 0 Å². The van der Waals surface area contributed by atoms with E-state index in [1.807, 2.05) is 146 Å². The van der Waals surface area contributed by atoms with Gasteiger partial charge in [0.05, 0.1) is 0 Å². The molecular weight excluding hydrogens is 826 g/mol. The Labute approximate surface area is 314 Å². The van der Waals surface area contributed by atoms with Crippen LogP contribution in [-0.4, -0.2) is 23.1 Å². The Morgan fingerprint density at radius 1 is 0.400 bits per heavy atom. The molecule has 6 aromatic carbocycles. The normalized spacial score (nSPS) is 10.7. The van der Waals surface area contributed by atoms with Gasteiger partial charge >= 0.3 is 23.1 Å². The molecule has 6 aromatic rings. The molecule has 45 heavy (non-hydrogen) atoms. The summed E-state index contributed by atoms with van der Waals surface area (Å²) in [5.74, 6) is 0. The quantitative estimate of drug-likeness (QED) is 0.128. The molecule has 0 aliphatic heterocycles. The fraction of sp³-hybridized carbons (Fsp3) is 0. The second-order valence-electron chi connectivity index (χ2n) is 9.40. The van der Waals surface area contributed by atoms with E-state index in [9.17, 15) is 9.13 Å². The molecular formula is C36H30Br3ClMgO2P2. The van der Waals surface area contributed by atoms with Gasteiger partial charge in [0.1, 0.15) is 0 Å². The van der Waals surface area contributed by atoms with Crippen LogP contribution in [0.2, 0.25) is 0 Å². The predicted molar refractivity (Wildman–Crippen MR) is 209 cm³/mol. The van der Waals surface area contributed by atoms with Crippen molar-refractivity contribution in [1.82, 2.24) is 0 Å². The first-order valence-corrected chi connectivity index (χ1v) is 20.2. The van der Waals surface area contributed by atoms with Crippen LogP contribution in [0.4, 0.5) is 0 Å². The molecule has 0 aliphatic rings. The summed E-state index contributed by atoms with van der Waals surface area (Å²) >= 11 is 16.3. The molecule has 226 valence electrons. The minimum Gasteiger partial charge on any atom is -1.00 e. The molecule has 0 atom stereocenters. The molecule has 0 spiro atoms. The summed E-state index contributed by atoms with van der Waals surface area (Å²) in [7, 11) is -2.83. The summed E-state index contributed by atoms with van der Waals surface area (Å²) in [4.78, 5) is 0. The first-order chi connectivity index (χ1) is 21.2. The van der Waals surface area contributed by atoms with E-state index in [4.69, 9.17) is 11.2 Å². The monoisotopic (exact) mass is 852 g/mol. The summed E-state index contributed by atoms with van der Waals surface area (Å²) in [6.45, 7) is -2.93. The van der Waals surface area contributed by atoms with Crippen LogP contribution < -0.4 is 26.5 Å². The SMILES string of the molecule is Brc1cccc(Br)c1.O=P(Cl)(c1ccccc1)c1ccccc1.O=P(c1ccccc1)(c1ccccc1)c1cccc(Br)c1.[H-].[H-].[Mg+2]. The van der Waals surface area contributed by atoms with Gasteiger partial charge in [0, 0.05) is 39.9 Å². The molecule has 9 heteroatoms. The van der Waals surface area contributed by atoms with Crippen LogP contribution in [0.5, 0.6) is 0 Å². The van der Waals surface area contributed by atoms with Crippen molar-refractivity contribution in [3.63, 3.8) is 0 Å². The van der Waals surface area contributed by atoms with E-state index in [0.29, 0.717) is 10.6 Å². The van der Waals surface area contributed by atoms with Crippen LogP contribution in [0.25, 0.3) is 0 Å². The fourth-order valence-electron chi connectivity index (χ4n) is 4.24. The molecule has 0 heterocycles. The Morgan fingerprint density at radius 2 is 0.689 bits per heavy atom. The summed E-state index contributed by atoms with van der Waals surface area (Å²) < 4.78 is 29.5. The number of halogens is 4. The van der Waals surface area contributed by atoms with Crippen molar-refractivity contribution in [2.45, 2.75) is 0 Å². The molecule has 0 aromatic heterocycles. The maximum atomic E-state index is 13.9. The van der Waals surface area contributed by atoms with E-state index in [2.05, 4.69) is 47.8 Å². The van der Waals surface area contributed by atoms with Crippen LogP contribution in [0.15, 0.2) is 183 Å². The van der Waals surface area contributed by atoms with Crippen LogP contribution in [0.1, 0.15) is 2.85 Å². The van der Waals surface area contributed by atoms with Gasteiger partial charge in [0.2, 0.25) is 6.49 Å². The van der Waals surface area contributed by atoms with Gasteiger partial charge in [-0.05, 0) is 41.6 Å². The van der Waals surface area contributed by atoms with Crippen LogP contribution in [-0.2, 0) is 9.13 Å². The van der Waals surface area contributed by atoms with E-state index < -0.39 is 13.6 Å². The van der Waals surface area contributed by atoms with E-state index in [1.54, 1.807) is 24.3 Å². The Kier molecular flexibility index (Phi) is 15.6. The van der Waals surface area contributed by atoms with Gasteiger partial charge in [-0.1, -0.05) is 187 Å². The second kappa shape index (κ2) is 18.6. The average molecular weight is 856 g/mol. The zero-order valence-electron chi connectivity index (χ0n) is 26.1. The number of hydrogen-bond acceptors (Lipinski definition) is 2. The molecule has 0 radical (unpaired) electrons. The average Bonchev–Trinajstić information content (AvgIpc) is 3.06. The largest absolute Gasteiger partial charge is 2.00 e. The van der Waals surface area contributed by atoms with Gasteiger partial charge in [0.15, 0.2) is 7.14 Å². The third-order valence-corrected chi connectivity index (χ3v) is 14.0. The minimum absolute atomic E-state index is 0. The summed E-state index contributed by atoms with van der Waals surface area (Å²) in [5.41, 5.74) is 0. The van der Waals surface area contributed by atoms with Crippen molar-refractivity contribution in [2.75, 3.05) is 0 Å². The molecule has 0 fully saturated rings. The molecule has 0 N–H and O–H groups in total. The molecule has 0 unspecified atom stereocenters. The fourth-order valence-corrected chi connectivity index (χ4v) is 10.7. The van der Waals surface area contributed by atoms with Gasteiger partial charge in [-0.15, -0.1) is 0 Å². The van der Waals surface area contributed by atoms with Gasteiger partial charge in [-0.2, -0.15) is 0 Å². The summed E-state index contributed by atoms with van der Waals surface area (Å²) in [5, 5.41) is 3.91. The molecule has 0 aliphatic carbocycles. The summed E-state index contributed by atoms with van der Waals surface area (Å²) in [6, 6.07) is 53.4. The van der Waals surface area contributed by atoms with E-state index >= 15 is 0 Å². The van der Waals surface area contributed by atoms with Crippen molar-refractivity contribution in [2.24, 2.45) is 0 Å². The van der Waals surface area contributed by atoms with Crippen LogP contribution in [0.3, 0.4) is 0 Å². The number of hydrogen-bond donors (Lipinski definition) is 0. The zero-order chi connectivity index (χ0) is 31.4. The Balaban J connectivity index is 0.000000374. The maximum Gasteiger partial charge on any atom is 2.00 e. The minimum atomic E-state index is -2.93.